The first-order valence-electron chi connectivity index (χ1n) is 6.24. The van der Waals surface area contributed by atoms with Gasteiger partial charge in [-0.1, -0.05) is 0 Å². The number of aromatic amines is 1. The molecule has 0 aliphatic rings. The van der Waals surface area contributed by atoms with Crippen LogP contribution in [0.25, 0.3) is 11.2 Å². The molecule has 3 heterocycles. The second kappa shape index (κ2) is 4.65. The van der Waals surface area contributed by atoms with Crippen LogP contribution in [0.3, 0.4) is 0 Å². The molecule has 0 atom stereocenters. The highest BCUT2D eigenvalue weighted by Crippen LogP contribution is 2.17. The quantitative estimate of drug-likeness (QED) is 0.742. The van der Waals surface area contributed by atoms with Gasteiger partial charge >= 0.3 is 0 Å². The number of nitrogens with one attached hydrogen (secondary N) is 1. The molecule has 0 unspecified atom stereocenters. The minimum absolute atomic E-state index is 0.761. The summed E-state index contributed by atoms with van der Waals surface area (Å²) >= 11 is 5.39. The third-order valence-corrected chi connectivity index (χ3v) is 3.60. The molecular formula is C12H16N6S. The van der Waals surface area contributed by atoms with Gasteiger partial charge in [-0.3, -0.25) is 4.68 Å². The van der Waals surface area contributed by atoms with Crippen molar-refractivity contribution in [3.63, 3.8) is 0 Å². The maximum Gasteiger partial charge on any atom is 0.179 e. The molecule has 3 aromatic heterocycles. The Morgan fingerprint density at radius 3 is 2.95 bits per heavy atom. The van der Waals surface area contributed by atoms with Crippen LogP contribution in [-0.2, 0) is 20.1 Å². The zero-order valence-electron chi connectivity index (χ0n) is 11.0. The van der Waals surface area contributed by atoms with Crippen LogP contribution >= 0.6 is 12.2 Å². The van der Waals surface area contributed by atoms with E-state index in [4.69, 9.17) is 12.2 Å². The largest absolute Gasteiger partial charge is 0.337 e. The van der Waals surface area contributed by atoms with Gasteiger partial charge in [0.1, 0.15) is 5.52 Å². The molecule has 0 aromatic carbocycles. The summed E-state index contributed by atoms with van der Waals surface area (Å²) in [6.07, 6.45) is 6.60. The Hall–Kier alpha value is -1.89. The van der Waals surface area contributed by atoms with E-state index in [0.717, 1.165) is 41.1 Å². The van der Waals surface area contributed by atoms with E-state index in [1.54, 1.807) is 6.20 Å². The first-order chi connectivity index (χ1) is 9.16. The van der Waals surface area contributed by atoms with Gasteiger partial charge in [0, 0.05) is 32.5 Å². The molecule has 0 aliphatic carbocycles. The Balaban J connectivity index is 1.84. The molecule has 3 aromatic rings. The third-order valence-electron chi connectivity index (χ3n) is 3.28. The van der Waals surface area contributed by atoms with Gasteiger partial charge < -0.3 is 14.1 Å². The number of H-pyrrole nitrogens is 1. The minimum atomic E-state index is 0.761. The fraction of sp³-hybridized carbons (Fsp3) is 0.417. The zero-order chi connectivity index (χ0) is 13.4. The van der Waals surface area contributed by atoms with Crippen LogP contribution in [0.5, 0.6) is 0 Å². The maximum atomic E-state index is 5.39. The Bertz CT molecular complexity index is 745. The molecule has 19 heavy (non-hydrogen) atoms. The predicted octanol–water partition coefficient (Wildman–Crippen LogP) is 2.03. The number of nitrogens with zero attached hydrogens (tertiary/aromatic N) is 5. The van der Waals surface area contributed by atoms with Gasteiger partial charge in [-0.25, -0.2) is 4.98 Å². The SMILES string of the molecule is Cc1nn(C)c2c1[nH]c(=S)n2CCCn1ccnc1. The van der Waals surface area contributed by atoms with Crippen LogP contribution < -0.4 is 0 Å². The Labute approximate surface area is 115 Å². The summed E-state index contributed by atoms with van der Waals surface area (Å²) in [7, 11) is 1.95. The Kier molecular flexibility index (Phi) is 2.98. The summed E-state index contributed by atoms with van der Waals surface area (Å²) in [5, 5.41) is 4.41. The van der Waals surface area contributed by atoms with Crippen molar-refractivity contribution >= 4 is 23.4 Å². The van der Waals surface area contributed by atoms with E-state index >= 15 is 0 Å². The molecule has 0 spiro atoms. The van der Waals surface area contributed by atoms with Gasteiger partial charge in [-0.2, -0.15) is 5.10 Å². The summed E-state index contributed by atoms with van der Waals surface area (Å²) in [5.41, 5.74) is 3.08. The Morgan fingerprint density at radius 2 is 2.21 bits per heavy atom. The molecule has 0 radical (unpaired) electrons. The summed E-state index contributed by atoms with van der Waals surface area (Å²) in [4.78, 5) is 7.27. The standard InChI is InChI=1S/C12H16N6S/c1-9-10-11(16(2)15-9)18(12(19)14-10)6-3-5-17-7-4-13-8-17/h4,7-8H,3,5-6H2,1-2H3,(H,14,19). The highest BCUT2D eigenvalue weighted by molar-refractivity contribution is 7.71. The van der Waals surface area contributed by atoms with Gasteiger partial charge in [-0.05, 0) is 25.6 Å². The van der Waals surface area contributed by atoms with Gasteiger partial charge in [0.2, 0.25) is 0 Å². The molecule has 6 nitrogen and oxygen atoms in total. The zero-order valence-corrected chi connectivity index (χ0v) is 11.8. The molecule has 3 rings (SSSR count). The lowest BCUT2D eigenvalue weighted by molar-refractivity contribution is 0.559. The van der Waals surface area contributed by atoms with Crippen LogP contribution in [0.2, 0.25) is 0 Å². The average molecular weight is 276 g/mol. The van der Waals surface area contributed by atoms with Crippen molar-refractivity contribution in [3.8, 4) is 0 Å². The topological polar surface area (TPSA) is 56.4 Å². The number of imidazole rings is 2. The molecule has 1 N–H and O–H groups in total. The van der Waals surface area contributed by atoms with Crippen LogP contribution in [0.1, 0.15) is 12.1 Å². The first-order valence-corrected chi connectivity index (χ1v) is 6.65. The summed E-state index contributed by atoms with van der Waals surface area (Å²) in [6.45, 7) is 3.80. The molecular weight excluding hydrogens is 260 g/mol. The van der Waals surface area contributed by atoms with Gasteiger partial charge in [0.25, 0.3) is 0 Å². The number of hydrogen-bond donors (Lipinski definition) is 1. The summed E-state index contributed by atoms with van der Waals surface area (Å²) < 4.78 is 6.83. The van der Waals surface area contributed by atoms with Crippen molar-refractivity contribution in [2.24, 2.45) is 7.05 Å². The maximum absolute atomic E-state index is 5.39. The van der Waals surface area contributed by atoms with Crippen molar-refractivity contribution in [2.75, 3.05) is 0 Å². The number of fused-ring (bicyclic) bond motifs is 1. The van der Waals surface area contributed by atoms with Crippen LogP contribution in [-0.4, -0.2) is 28.9 Å². The normalized spacial score (nSPS) is 11.5. The lowest BCUT2D eigenvalue weighted by Gasteiger charge is -2.05. The first kappa shape index (κ1) is 12.2. The number of aromatic nitrogens is 6. The fourth-order valence-electron chi connectivity index (χ4n) is 2.41. The van der Waals surface area contributed by atoms with E-state index in [2.05, 4.69) is 24.2 Å². The van der Waals surface area contributed by atoms with Crippen molar-refractivity contribution in [3.05, 3.63) is 29.2 Å². The van der Waals surface area contributed by atoms with Crippen LogP contribution in [0.15, 0.2) is 18.7 Å². The van der Waals surface area contributed by atoms with Crippen molar-refractivity contribution < 1.29 is 0 Å². The van der Waals surface area contributed by atoms with Crippen molar-refractivity contribution in [1.82, 2.24) is 28.9 Å². The summed E-state index contributed by atoms with van der Waals surface area (Å²) in [5.74, 6) is 0. The highest BCUT2D eigenvalue weighted by atomic mass is 32.1. The lowest BCUT2D eigenvalue weighted by Crippen LogP contribution is -2.06. The van der Waals surface area contributed by atoms with Gasteiger partial charge in [-0.15, -0.1) is 0 Å². The lowest BCUT2D eigenvalue weighted by atomic mass is 10.4. The van der Waals surface area contributed by atoms with E-state index < -0.39 is 0 Å². The Morgan fingerprint density at radius 1 is 1.37 bits per heavy atom. The van der Waals surface area contributed by atoms with E-state index in [0.29, 0.717) is 0 Å². The van der Waals surface area contributed by atoms with E-state index in [1.807, 2.05) is 31.2 Å². The predicted molar refractivity (Wildman–Crippen MR) is 75.5 cm³/mol. The van der Waals surface area contributed by atoms with Crippen LogP contribution in [0.4, 0.5) is 0 Å². The van der Waals surface area contributed by atoms with Gasteiger partial charge in [0.05, 0.1) is 12.0 Å². The number of aryl methyl sites for hydroxylation is 4. The molecule has 0 saturated heterocycles. The summed E-state index contributed by atoms with van der Waals surface area (Å²) in [6, 6.07) is 0. The second-order valence-electron chi connectivity index (χ2n) is 4.64. The smallest absolute Gasteiger partial charge is 0.179 e. The number of rotatable bonds is 4. The molecule has 100 valence electrons. The monoisotopic (exact) mass is 276 g/mol. The van der Waals surface area contributed by atoms with E-state index in [9.17, 15) is 0 Å². The highest BCUT2D eigenvalue weighted by Gasteiger charge is 2.12. The number of hydrogen-bond acceptors (Lipinski definition) is 3. The fourth-order valence-corrected chi connectivity index (χ4v) is 2.69. The average Bonchev–Trinajstić information content (AvgIpc) is 3.03. The molecule has 0 saturated carbocycles. The van der Waals surface area contributed by atoms with Crippen molar-refractivity contribution in [1.29, 1.82) is 0 Å². The van der Waals surface area contributed by atoms with Gasteiger partial charge in [0.15, 0.2) is 10.4 Å². The van der Waals surface area contributed by atoms with E-state index in [-0.39, 0.29) is 0 Å². The minimum Gasteiger partial charge on any atom is -0.337 e. The van der Waals surface area contributed by atoms with Crippen molar-refractivity contribution in [2.45, 2.75) is 26.4 Å². The molecule has 0 aliphatic heterocycles. The molecule has 0 amide bonds. The second-order valence-corrected chi connectivity index (χ2v) is 5.03. The van der Waals surface area contributed by atoms with E-state index in [1.165, 1.54) is 0 Å². The molecule has 7 heteroatoms. The van der Waals surface area contributed by atoms with Crippen LogP contribution in [0, 0.1) is 11.7 Å². The third kappa shape index (κ3) is 2.10. The molecule has 0 fully saturated rings. The molecule has 0 bridgehead atoms.